The van der Waals surface area contributed by atoms with Crippen molar-refractivity contribution < 1.29 is 0 Å². The first-order valence-corrected chi connectivity index (χ1v) is 15.3. The van der Waals surface area contributed by atoms with Crippen LogP contribution in [-0.2, 0) is 6.42 Å². The standard InChI is InChI=1S/C40H29N5/c1-2-5-11-31(10-4-1)38-43-39(32-12-6-3-7-13-32)45-40(44-38)34-15-8-14-33(26-34)27-17-19-28(20-18-27)35-24-23-30-22-21-29-16-9-25-41-36(29)37(30)42-35/h1-4,6-8,10-15,17-26H,5,9,16H2. The highest BCUT2D eigenvalue weighted by Crippen LogP contribution is 2.34. The zero-order valence-electron chi connectivity index (χ0n) is 24.6. The molecule has 0 bridgehead atoms. The SMILES string of the molecule is C1=CCC=C(c2nc(-c3ccccc3)nc(-c3cccc(-c4ccc(-c5ccc6ccc7c(c6n5)N=CCC7)cc4)c3)n2)C=C1. The number of nitrogens with zero attached hydrogens (tertiary/aromatic N) is 5. The highest BCUT2D eigenvalue weighted by Gasteiger charge is 2.15. The predicted octanol–water partition coefficient (Wildman–Crippen LogP) is 9.64. The quantitative estimate of drug-likeness (QED) is 0.204. The maximum atomic E-state index is 5.05. The Kier molecular flexibility index (Phi) is 6.97. The highest BCUT2D eigenvalue weighted by atomic mass is 15.0. The Balaban J connectivity index is 1.14. The van der Waals surface area contributed by atoms with Crippen LogP contribution in [0.2, 0.25) is 0 Å². The van der Waals surface area contributed by atoms with Gasteiger partial charge in [-0.3, -0.25) is 4.99 Å². The van der Waals surface area contributed by atoms with Crippen LogP contribution in [0.15, 0.2) is 139 Å². The van der Waals surface area contributed by atoms with E-state index >= 15 is 0 Å². The van der Waals surface area contributed by atoms with E-state index in [9.17, 15) is 0 Å². The number of aryl methyl sites for hydroxylation is 1. The van der Waals surface area contributed by atoms with Gasteiger partial charge >= 0.3 is 0 Å². The summed E-state index contributed by atoms with van der Waals surface area (Å²) in [6.07, 6.45) is 15.2. The second-order valence-corrected chi connectivity index (χ2v) is 11.2. The third kappa shape index (κ3) is 5.41. The summed E-state index contributed by atoms with van der Waals surface area (Å²) in [5.41, 5.74) is 10.4. The largest absolute Gasteiger partial charge is 0.259 e. The van der Waals surface area contributed by atoms with Crippen molar-refractivity contribution in [1.82, 2.24) is 19.9 Å². The summed E-state index contributed by atoms with van der Waals surface area (Å²) < 4.78 is 0. The molecule has 0 N–H and O–H groups in total. The van der Waals surface area contributed by atoms with Crippen LogP contribution >= 0.6 is 0 Å². The molecule has 0 amide bonds. The van der Waals surface area contributed by atoms with Crippen molar-refractivity contribution in [3.05, 3.63) is 145 Å². The van der Waals surface area contributed by atoms with Crippen LogP contribution in [0.3, 0.4) is 0 Å². The lowest BCUT2D eigenvalue weighted by molar-refractivity contribution is 1.03. The molecule has 214 valence electrons. The van der Waals surface area contributed by atoms with Crippen LogP contribution < -0.4 is 0 Å². The summed E-state index contributed by atoms with van der Waals surface area (Å²) in [6, 6.07) is 35.6. The number of hydrogen-bond donors (Lipinski definition) is 0. The normalized spacial score (nSPS) is 13.8. The Labute approximate surface area is 262 Å². The maximum Gasteiger partial charge on any atom is 0.164 e. The lowest BCUT2D eigenvalue weighted by Crippen LogP contribution is -2.02. The van der Waals surface area contributed by atoms with E-state index in [0.29, 0.717) is 17.5 Å². The zero-order chi connectivity index (χ0) is 30.0. The number of rotatable bonds is 5. The number of pyridine rings is 1. The number of allylic oxidation sites excluding steroid dienone is 6. The van der Waals surface area contributed by atoms with Crippen LogP contribution in [0.5, 0.6) is 0 Å². The average molecular weight is 580 g/mol. The van der Waals surface area contributed by atoms with Gasteiger partial charge in [0.2, 0.25) is 0 Å². The third-order valence-electron chi connectivity index (χ3n) is 8.24. The van der Waals surface area contributed by atoms with Gasteiger partial charge in [0.05, 0.1) is 16.9 Å². The van der Waals surface area contributed by atoms with E-state index in [2.05, 4.69) is 97.1 Å². The number of fused-ring (bicyclic) bond motifs is 3. The molecular weight excluding hydrogens is 550 g/mol. The number of hydrogen-bond acceptors (Lipinski definition) is 5. The summed E-state index contributed by atoms with van der Waals surface area (Å²) >= 11 is 0. The molecule has 2 aliphatic rings. The van der Waals surface area contributed by atoms with Gasteiger partial charge < -0.3 is 0 Å². The van der Waals surface area contributed by atoms with Crippen molar-refractivity contribution in [1.29, 1.82) is 0 Å². The lowest BCUT2D eigenvalue weighted by Gasteiger charge is -2.13. The second-order valence-electron chi connectivity index (χ2n) is 11.2. The van der Waals surface area contributed by atoms with Gasteiger partial charge in [-0.25, -0.2) is 19.9 Å². The van der Waals surface area contributed by atoms with Gasteiger partial charge in [0.25, 0.3) is 0 Å². The van der Waals surface area contributed by atoms with Crippen LogP contribution in [0.1, 0.15) is 24.2 Å². The Bertz CT molecular complexity index is 2170. The van der Waals surface area contributed by atoms with Gasteiger partial charge in [-0.15, -0.1) is 0 Å². The maximum absolute atomic E-state index is 5.05. The van der Waals surface area contributed by atoms with Crippen LogP contribution in [0.25, 0.3) is 61.6 Å². The summed E-state index contributed by atoms with van der Waals surface area (Å²) in [6.45, 7) is 0. The molecule has 0 radical (unpaired) electrons. The first kappa shape index (κ1) is 26.8. The predicted molar refractivity (Wildman–Crippen MR) is 184 cm³/mol. The van der Waals surface area contributed by atoms with Crippen molar-refractivity contribution in [3.63, 3.8) is 0 Å². The van der Waals surface area contributed by atoms with Crippen molar-refractivity contribution >= 4 is 28.4 Å². The summed E-state index contributed by atoms with van der Waals surface area (Å²) in [4.78, 5) is 24.5. The van der Waals surface area contributed by atoms with Gasteiger partial charge in [-0.05, 0) is 48.1 Å². The molecular formula is C40H29N5. The van der Waals surface area contributed by atoms with Crippen LogP contribution in [0, 0.1) is 0 Å². The molecule has 4 aromatic carbocycles. The molecule has 2 aromatic heterocycles. The molecule has 1 aliphatic carbocycles. The number of aliphatic imine (C=N–C) groups is 1. The minimum Gasteiger partial charge on any atom is -0.259 e. The van der Waals surface area contributed by atoms with Gasteiger partial charge in [-0.2, -0.15) is 0 Å². The van der Waals surface area contributed by atoms with Gasteiger partial charge in [0.1, 0.15) is 0 Å². The number of benzene rings is 4. The fourth-order valence-electron chi connectivity index (χ4n) is 5.86. The van der Waals surface area contributed by atoms with Crippen LogP contribution in [-0.4, -0.2) is 26.2 Å². The first-order valence-electron chi connectivity index (χ1n) is 15.3. The molecule has 45 heavy (non-hydrogen) atoms. The molecule has 8 rings (SSSR count). The molecule has 3 heterocycles. The Hall–Kier alpha value is -5.81. The van der Waals surface area contributed by atoms with E-state index in [1.807, 2.05) is 42.6 Å². The minimum absolute atomic E-state index is 0.648. The van der Waals surface area contributed by atoms with Crippen molar-refractivity contribution in [3.8, 4) is 45.2 Å². The van der Waals surface area contributed by atoms with Crippen LogP contribution in [0.4, 0.5) is 5.69 Å². The van der Waals surface area contributed by atoms with Crippen molar-refractivity contribution in [2.45, 2.75) is 19.3 Å². The van der Waals surface area contributed by atoms with E-state index in [1.165, 1.54) is 5.56 Å². The van der Waals surface area contributed by atoms with Crippen molar-refractivity contribution in [2.75, 3.05) is 0 Å². The second kappa shape index (κ2) is 11.7. The third-order valence-corrected chi connectivity index (χ3v) is 8.24. The topological polar surface area (TPSA) is 63.9 Å². The van der Waals surface area contributed by atoms with E-state index in [0.717, 1.165) is 74.9 Å². The Morgan fingerprint density at radius 3 is 2.20 bits per heavy atom. The van der Waals surface area contributed by atoms with E-state index in [1.54, 1.807) is 0 Å². The van der Waals surface area contributed by atoms with Gasteiger partial charge in [0.15, 0.2) is 17.5 Å². The molecule has 0 fully saturated rings. The fraction of sp³-hybridized carbons (Fsp3) is 0.0750. The molecule has 0 spiro atoms. The summed E-state index contributed by atoms with van der Waals surface area (Å²) in [5.74, 6) is 1.98. The Morgan fingerprint density at radius 2 is 1.31 bits per heavy atom. The summed E-state index contributed by atoms with van der Waals surface area (Å²) in [5, 5.41) is 1.12. The zero-order valence-corrected chi connectivity index (χ0v) is 24.6. The van der Waals surface area contributed by atoms with E-state index in [4.69, 9.17) is 24.9 Å². The minimum atomic E-state index is 0.648. The fourth-order valence-corrected chi connectivity index (χ4v) is 5.86. The highest BCUT2D eigenvalue weighted by molar-refractivity contribution is 5.94. The molecule has 5 heteroatoms. The molecule has 0 saturated heterocycles. The summed E-state index contributed by atoms with van der Waals surface area (Å²) in [7, 11) is 0. The number of aromatic nitrogens is 4. The monoisotopic (exact) mass is 579 g/mol. The average Bonchev–Trinajstić information content (AvgIpc) is 3.42. The van der Waals surface area contributed by atoms with E-state index < -0.39 is 0 Å². The molecule has 0 atom stereocenters. The molecule has 5 nitrogen and oxygen atoms in total. The smallest absolute Gasteiger partial charge is 0.164 e. The Morgan fingerprint density at radius 1 is 0.556 bits per heavy atom. The molecule has 0 saturated carbocycles. The van der Waals surface area contributed by atoms with E-state index in [-0.39, 0.29) is 0 Å². The molecule has 6 aromatic rings. The molecule has 0 unspecified atom stereocenters. The first-order chi connectivity index (χ1) is 22.3. The molecule has 1 aliphatic heterocycles. The van der Waals surface area contributed by atoms with Crippen molar-refractivity contribution in [2.24, 2.45) is 4.99 Å². The van der Waals surface area contributed by atoms with Gasteiger partial charge in [0, 0.05) is 33.9 Å². The lowest BCUT2D eigenvalue weighted by atomic mass is 9.99. The van der Waals surface area contributed by atoms with Gasteiger partial charge in [-0.1, -0.05) is 121 Å².